The van der Waals surface area contributed by atoms with Gasteiger partial charge in [0.05, 0.1) is 6.10 Å². The van der Waals surface area contributed by atoms with Gasteiger partial charge in [-0.3, -0.25) is 0 Å². The molecule has 1 aromatic carbocycles. The summed E-state index contributed by atoms with van der Waals surface area (Å²) in [5.74, 6) is -0.213. The van der Waals surface area contributed by atoms with Gasteiger partial charge in [-0.05, 0) is 42.5 Å². The number of aliphatic hydroxyl groups is 1. The van der Waals surface area contributed by atoms with Crippen LogP contribution in [0.5, 0.6) is 0 Å². The van der Waals surface area contributed by atoms with Gasteiger partial charge in [0, 0.05) is 32.5 Å². The topological polar surface area (TPSA) is 70.4 Å². The number of hydrogen-bond acceptors (Lipinski definition) is 5. The molecule has 0 unspecified atom stereocenters. The molecule has 28 heavy (non-hydrogen) atoms. The summed E-state index contributed by atoms with van der Waals surface area (Å²) in [5, 5.41) is 21.9. The number of carboxylic acid groups (broad SMARTS) is 1. The molecule has 1 fully saturated rings. The molecule has 0 bridgehead atoms. The summed E-state index contributed by atoms with van der Waals surface area (Å²) in [6, 6.07) is 5.31. The fraction of sp³-hybridized carbons (Fsp3) is 0.368. The van der Waals surface area contributed by atoms with Crippen molar-refractivity contribution >= 4 is 69.9 Å². The largest absolute Gasteiger partial charge is 0.476 e. The summed E-state index contributed by atoms with van der Waals surface area (Å²) >= 11 is 21.4. The molecule has 1 aliphatic carbocycles. The normalized spacial score (nSPS) is 24.9. The molecular weight excluding hydrogens is 461 g/mol. The Morgan fingerprint density at radius 3 is 2.68 bits per heavy atom. The average molecular weight is 479 g/mol. The van der Waals surface area contributed by atoms with Gasteiger partial charge < -0.3 is 10.2 Å². The number of carbonyl (C=O) groups is 1. The lowest BCUT2D eigenvalue weighted by molar-refractivity contribution is 0.0691. The third kappa shape index (κ3) is 5.65. The fourth-order valence-electron chi connectivity index (χ4n) is 3.33. The number of nitrogens with zero attached hydrogens (tertiary/aromatic N) is 1. The van der Waals surface area contributed by atoms with Crippen molar-refractivity contribution in [2.24, 2.45) is 11.8 Å². The van der Waals surface area contributed by atoms with Crippen LogP contribution in [0.4, 0.5) is 0 Å². The minimum atomic E-state index is -1.02. The SMILES string of the molecule is O=C(O)c1csc(SCC[C@@H]2[C@H](C=Cc3cc(Cl)cc(Cl)c3)[C@H](O)C[C@@H]2Cl)n1. The Labute approximate surface area is 186 Å². The molecular formula is C19H18Cl3NO3S2. The van der Waals surface area contributed by atoms with Crippen molar-refractivity contribution in [3.8, 4) is 0 Å². The fourth-order valence-corrected chi connectivity index (χ4v) is 6.26. The number of carboxylic acids is 1. The maximum Gasteiger partial charge on any atom is 0.355 e. The zero-order chi connectivity index (χ0) is 20.3. The predicted molar refractivity (Wildman–Crippen MR) is 117 cm³/mol. The molecule has 2 N–H and O–H groups in total. The quantitative estimate of drug-likeness (QED) is 0.380. The molecule has 0 amide bonds. The first kappa shape index (κ1) is 21.9. The number of hydrogen-bond donors (Lipinski definition) is 2. The van der Waals surface area contributed by atoms with Gasteiger partial charge in [-0.2, -0.15) is 0 Å². The number of thioether (sulfide) groups is 1. The van der Waals surface area contributed by atoms with Crippen LogP contribution in [0.3, 0.4) is 0 Å². The second kappa shape index (κ2) is 9.83. The summed E-state index contributed by atoms with van der Waals surface area (Å²) in [4.78, 5) is 15.0. The van der Waals surface area contributed by atoms with E-state index < -0.39 is 12.1 Å². The second-order valence-electron chi connectivity index (χ2n) is 6.56. The minimum Gasteiger partial charge on any atom is -0.476 e. The number of aliphatic hydroxyl groups excluding tert-OH is 1. The molecule has 1 saturated carbocycles. The van der Waals surface area contributed by atoms with Crippen molar-refractivity contribution in [1.29, 1.82) is 0 Å². The molecule has 150 valence electrons. The number of thiazole rings is 1. The van der Waals surface area contributed by atoms with E-state index >= 15 is 0 Å². The number of benzene rings is 1. The first-order valence-electron chi connectivity index (χ1n) is 8.61. The lowest BCUT2D eigenvalue weighted by atomic mass is 9.91. The highest BCUT2D eigenvalue weighted by atomic mass is 35.5. The number of aromatic nitrogens is 1. The van der Waals surface area contributed by atoms with Gasteiger partial charge in [-0.25, -0.2) is 9.78 Å². The maximum absolute atomic E-state index is 10.9. The molecule has 4 nitrogen and oxygen atoms in total. The van der Waals surface area contributed by atoms with Crippen LogP contribution in [0.15, 0.2) is 34.0 Å². The lowest BCUT2D eigenvalue weighted by Crippen LogP contribution is -2.19. The van der Waals surface area contributed by atoms with Crippen LogP contribution in [-0.2, 0) is 0 Å². The van der Waals surface area contributed by atoms with Crippen molar-refractivity contribution in [3.63, 3.8) is 0 Å². The third-order valence-electron chi connectivity index (χ3n) is 4.64. The Kier molecular flexibility index (Phi) is 7.70. The van der Waals surface area contributed by atoms with E-state index in [4.69, 9.17) is 39.9 Å². The van der Waals surface area contributed by atoms with Crippen LogP contribution in [0.25, 0.3) is 6.08 Å². The summed E-state index contributed by atoms with van der Waals surface area (Å²) in [6.07, 6.45) is 4.74. The standard InChI is InChI=1S/C19H18Cl3NO3S2/c20-11-5-10(6-12(21)7-11)1-2-14-13(15(22)8-17(14)24)3-4-27-19-23-16(9-28-19)18(25)26/h1-2,5-7,9,13-15,17,24H,3-4,8H2,(H,25,26)/t13-,14+,15+,17-/m1/s1. The Morgan fingerprint density at radius 2 is 2.04 bits per heavy atom. The Balaban J connectivity index is 1.62. The highest BCUT2D eigenvalue weighted by Crippen LogP contribution is 2.40. The van der Waals surface area contributed by atoms with Crippen LogP contribution in [0, 0.1) is 11.8 Å². The van der Waals surface area contributed by atoms with Crippen LogP contribution in [0.1, 0.15) is 28.9 Å². The molecule has 0 aliphatic heterocycles. The number of halogens is 3. The molecule has 1 aliphatic rings. The third-order valence-corrected chi connectivity index (χ3v) is 7.64. The van der Waals surface area contributed by atoms with Crippen LogP contribution < -0.4 is 0 Å². The Morgan fingerprint density at radius 1 is 1.32 bits per heavy atom. The lowest BCUT2D eigenvalue weighted by Gasteiger charge is -2.20. The van der Waals surface area contributed by atoms with Crippen molar-refractivity contribution in [2.45, 2.75) is 28.7 Å². The zero-order valence-corrected chi connectivity index (χ0v) is 18.5. The Bertz CT molecular complexity index is 854. The highest BCUT2D eigenvalue weighted by Gasteiger charge is 2.39. The average Bonchev–Trinajstić information content (AvgIpc) is 3.18. The Hall–Kier alpha value is -0.760. The number of aromatic carboxylic acids is 1. The molecule has 9 heteroatoms. The zero-order valence-electron chi connectivity index (χ0n) is 14.6. The van der Waals surface area contributed by atoms with Crippen molar-refractivity contribution in [3.05, 3.63) is 51.0 Å². The van der Waals surface area contributed by atoms with Crippen LogP contribution in [0.2, 0.25) is 10.0 Å². The summed E-state index contributed by atoms with van der Waals surface area (Å²) in [5.41, 5.74) is 0.944. The van der Waals surface area contributed by atoms with E-state index in [2.05, 4.69) is 4.98 Å². The van der Waals surface area contributed by atoms with Crippen LogP contribution >= 0.6 is 57.9 Å². The van der Waals surface area contributed by atoms with E-state index in [0.29, 0.717) is 16.5 Å². The van der Waals surface area contributed by atoms with Gasteiger partial charge in [0.1, 0.15) is 0 Å². The van der Waals surface area contributed by atoms with Gasteiger partial charge in [0.25, 0.3) is 0 Å². The van der Waals surface area contributed by atoms with E-state index in [1.165, 1.54) is 28.5 Å². The molecule has 0 radical (unpaired) electrons. The highest BCUT2D eigenvalue weighted by molar-refractivity contribution is 8.01. The van der Waals surface area contributed by atoms with Crippen molar-refractivity contribution < 1.29 is 15.0 Å². The molecule has 1 heterocycles. The first-order chi connectivity index (χ1) is 13.3. The minimum absolute atomic E-state index is 0.0632. The summed E-state index contributed by atoms with van der Waals surface area (Å²) in [6.45, 7) is 0. The predicted octanol–water partition coefficient (Wildman–Crippen LogP) is 5.95. The molecule has 4 atom stereocenters. The van der Waals surface area contributed by atoms with Gasteiger partial charge in [0.2, 0.25) is 0 Å². The van der Waals surface area contributed by atoms with Crippen molar-refractivity contribution in [1.82, 2.24) is 4.98 Å². The molecule has 0 saturated heterocycles. The van der Waals surface area contributed by atoms with Crippen LogP contribution in [-0.4, -0.2) is 38.4 Å². The molecule has 1 aromatic heterocycles. The van der Waals surface area contributed by atoms with E-state index in [-0.39, 0.29) is 22.9 Å². The molecule has 3 rings (SSSR count). The molecule has 2 aromatic rings. The van der Waals surface area contributed by atoms with Gasteiger partial charge in [-0.1, -0.05) is 47.1 Å². The monoisotopic (exact) mass is 477 g/mol. The van der Waals surface area contributed by atoms with E-state index in [9.17, 15) is 9.90 Å². The second-order valence-corrected chi connectivity index (χ2v) is 10.2. The number of rotatable bonds is 7. The number of alkyl halides is 1. The van der Waals surface area contributed by atoms with Crippen molar-refractivity contribution in [2.75, 3.05) is 5.75 Å². The maximum atomic E-state index is 10.9. The first-order valence-corrected chi connectivity index (χ1v) is 11.7. The van der Waals surface area contributed by atoms with Gasteiger partial charge >= 0.3 is 5.97 Å². The van der Waals surface area contributed by atoms with E-state index in [0.717, 1.165) is 22.1 Å². The molecule has 0 spiro atoms. The van der Waals surface area contributed by atoms with Gasteiger partial charge in [-0.15, -0.1) is 22.9 Å². The van der Waals surface area contributed by atoms with Gasteiger partial charge in [0.15, 0.2) is 10.0 Å². The van der Waals surface area contributed by atoms with E-state index in [1.54, 1.807) is 6.07 Å². The smallest absolute Gasteiger partial charge is 0.355 e. The summed E-state index contributed by atoms with van der Waals surface area (Å²) in [7, 11) is 0. The van der Waals surface area contributed by atoms with E-state index in [1.807, 2.05) is 24.3 Å². The summed E-state index contributed by atoms with van der Waals surface area (Å²) < 4.78 is 0.725.